The minimum Gasteiger partial charge on any atom is -0.465 e. The van der Waals surface area contributed by atoms with Gasteiger partial charge in [-0.1, -0.05) is 32.9 Å². The summed E-state index contributed by atoms with van der Waals surface area (Å²) in [4.78, 5) is 25.0. The van der Waals surface area contributed by atoms with Crippen LogP contribution in [0.1, 0.15) is 43.1 Å². The van der Waals surface area contributed by atoms with Gasteiger partial charge >= 0.3 is 11.9 Å². The van der Waals surface area contributed by atoms with E-state index in [1.54, 1.807) is 24.3 Å². The number of ether oxygens (including phenoxy) is 1. The third kappa shape index (κ3) is 5.42. The molecule has 0 radical (unpaired) electrons. The quantitative estimate of drug-likeness (QED) is 0.482. The lowest BCUT2D eigenvalue weighted by atomic mass is 10.1. The third-order valence-corrected chi connectivity index (χ3v) is 10.5. The van der Waals surface area contributed by atoms with Crippen LogP contribution in [0.15, 0.2) is 24.3 Å². The first-order valence-corrected chi connectivity index (χ1v) is 12.7. The van der Waals surface area contributed by atoms with Crippen LogP contribution in [0.3, 0.4) is 0 Å². The topological polar surface area (TPSA) is 55.8 Å². The molecule has 1 atom stereocenters. The van der Waals surface area contributed by atoms with Crippen molar-refractivity contribution in [1.82, 2.24) is 4.90 Å². The van der Waals surface area contributed by atoms with Crippen LogP contribution in [0.25, 0.3) is 0 Å². The van der Waals surface area contributed by atoms with Crippen LogP contribution in [0, 0.1) is 0 Å². The van der Waals surface area contributed by atoms with Crippen LogP contribution in [-0.2, 0) is 20.4 Å². The molecule has 1 unspecified atom stereocenters. The van der Waals surface area contributed by atoms with Gasteiger partial charge in [-0.15, -0.1) is 0 Å². The van der Waals surface area contributed by atoms with Gasteiger partial charge in [-0.05, 0) is 42.2 Å². The first kappa shape index (κ1) is 23.5. The summed E-state index contributed by atoms with van der Waals surface area (Å²) in [6.45, 7) is 10.7. The molecule has 0 aliphatic carbocycles. The number of carbonyl (C=O) groups is 2. The number of esters is 1. The number of hydrogen-bond acceptors (Lipinski definition) is 4. The molecule has 1 aromatic carbocycles. The van der Waals surface area contributed by atoms with Crippen LogP contribution < -0.4 is 0 Å². The van der Waals surface area contributed by atoms with Gasteiger partial charge in [0.05, 0.1) is 25.3 Å². The van der Waals surface area contributed by atoms with Crippen molar-refractivity contribution in [3.8, 4) is 0 Å². The van der Waals surface area contributed by atoms with Gasteiger partial charge in [0.15, 0.2) is 8.32 Å². The van der Waals surface area contributed by atoms with E-state index in [2.05, 4.69) is 38.6 Å². The average molecular weight is 428 g/mol. The van der Waals surface area contributed by atoms with Crippen molar-refractivity contribution in [1.29, 1.82) is 0 Å². The molecular weight excluding hydrogens is 396 g/mol. The predicted octanol–water partition coefficient (Wildman–Crippen LogP) is 4.27. The molecule has 2 rings (SSSR count). The minimum absolute atomic E-state index is 0.0374. The molecule has 1 aliphatic heterocycles. The normalized spacial score (nSPS) is 19.5. The summed E-state index contributed by atoms with van der Waals surface area (Å²) in [5.74, 6) is -4.92. The van der Waals surface area contributed by atoms with Gasteiger partial charge in [-0.2, -0.15) is 8.78 Å². The van der Waals surface area contributed by atoms with Gasteiger partial charge in [0.2, 0.25) is 0 Å². The van der Waals surface area contributed by atoms with Crippen LogP contribution in [0.2, 0.25) is 18.1 Å². The Morgan fingerprint density at radius 1 is 1.24 bits per heavy atom. The summed E-state index contributed by atoms with van der Waals surface area (Å²) in [6.07, 6.45) is -0.0956. The molecule has 1 aromatic rings. The number of methoxy groups -OCH3 is 1. The summed E-state index contributed by atoms with van der Waals surface area (Å²) in [6, 6.07) is 6.10. The van der Waals surface area contributed by atoms with Gasteiger partial charge in [-0.3, -0.25) is 4.79 Å². The third-order valence-electron chi connectivity index (χ3n) is 5.97. The van der Waals surface area contributed by atoms with Crippen molar-refractivity contribution < 1.29 is 27.5 Å². The maximum Gasteiger partial charge on any atom is 0.337 e. The summed E-state index contributed by atoms with van der Waals surface area (Å²) in [7, 11) is -0.798. The Bertz CT molecular complexity index is 744. The standard InChI is InChI=1S/C21H31F2NO4Si/c1-20(2,3)29(5,6)28-14-17-13-21(22,23)19(26)24(17)12-11-15-7-9-16(10-8-15)18(25)27-4/h7-10,17H,11-14H2,1-6H3. The Morgan fingerprint density at radius 2 is 1.83 bits per heavy atom. The molecule has 0 aromatic heterocycles. The van der Waals surface area contributed by atoms with Gasteiger partial charge in [0, 0.05) is 13.0 Å². The van der Waals surface area contributed by atoms with Gasteiger partial charge in [0.1, 0.15) is 0 Å². The number of amides is 1. The lowest BCUT2D eigenvalue weighted by Gasteiger charge is -2.37. The molecule has 1 saturated heterocycles. The van der Waals surface area contributed by atoms with E-state index in [9.17, 15) is 18.4 Å². The van der Waals surface area contributed by atoms with E-state index < -0.39 is 38.6 Å². The molecule has 0 bridgehead atoms. The van der Waals surface area contributed by atoms with E-state index in [-0.39, 0.29) is 18.2 Å². The highest BCUT2D eigenvalue weighted by Gasteiger charge is 2.53. The van der Waals surface area contributed by atoms with Gasteiger partial charge in [-0.25, -0.2) is 4.79 Å². The molecule has 1 fully saturated rings. The molecule has 0 saturated carbocycles. The number of benzene rings is 1. The summed E-state index contributed by atoms with van der Waals surface area (Å²) in [5, 5.41) is -0.0374. The number of likely N-dealkylation sites (tertiary alicyclic amines) is 1. The Hall–Kier alpha value is -1.80. The maximum absolute atomic E-state index is 14.1. The lowest BCUT2D eigenvalue weighted by molar-refractivity contribution is -0.148. The van der Waals surface area contributed by atoms with Crippen molar-refractivity contribution in [3.63, 3.8) is 0 Å². The Kier molecular flexibility index (Phi) is 6.89. The fourth-order valence-corrected chi connectivity index (χ4v) is 4.04. The second-order valence-electron chi connectivity index (χ2n) is 9.07. The highest BCUT2D eigenvalue weighted by atomic mass is 28.4. The van der Waals surface area contributed by atoms with Gasteiger partial charge < -0.3 is 14.1 Å². The number of nitrogens with zero attached hydrogens (tertiary/aromatic N) is 1. The SMILES string of the molecule is COC(=O)c1ccc(CCN2C(=O)C(F)(F)CC2CO[Si](C)(C)C(C)(C)C)cc1. The second kappa shape index (κ2) is 8.51. The zero-order valence-corrected chi connectivity index (χ0v) is 19.1. The van der Waals surface area contributed by atoms with E-state index in [0.717, 1.165) is 5.56 Å². The Morgan fingerprint density at radius 3 is 2.34 bits per heavy atom. The predicted molar refractivity (Wildman–Crippen MR) is 110 cm³/mol. The van der Waals surface area contributed by atoms with Crippen molar-refractivity contribution in [2.45, 2.75) is 63.7 Å². The van der Waals surface area contributed by atoms with Crippen LogP contribution in [0.5, 0.6) is 0 Å². The molecule has 0 spiro atoms. The van der Waals surface area contributed by atoms with E-state index in [4.69, 9.17) is 4.43 Å². The zero-order valence-electron chi connectivity index (χ0n) is 18.1. The molecule has 1 heterocycles. The van der Waals surface area contributed by atoms with Gasteiger partial charge in [0.25, 0.3) is 5.91 Å². The van der Waals surface area contributed by atoms with Crippen LogP contribution >= 0.6 is 0 Å². The number of carbonyl (C=O) groups excluding carboxylic acids is 2. The second-order valence-corrected chi connectivity index (χ2v) is 13.9. The first-order chi connectivity index (χ1) is 13.3. The molecule has 8 heteroatoms. The molecular formula is C21H31F2NO4Si. The van der Waals surface area contributed by atoms with Crippen molar-refractivity contribution in [3.05, 3.63) is 35.4 Å². The molecule has 1 aliphatic rings. The smallest absolute Gasteiger partial charge is 0.337 e. The Balaban J connectivity index is 2.05. The van der Waals surface area contributed by atoms with E-state index in [1.807, 2.05) is 0 Å². The fraction of sp³-hybridized carbons (Fsp3) is 0.619. The number of hydrogen-bond donors (Lipinski definition) is 0. The van der Waals surface area contributed by atoms with E-state index >= 15 is 0 Å². The van der Waals surface area contributed by atoms with Crippen molar-refractivity contribution >= 4 is 20.2 Å². The highest BCUT2D eigenvalue weighted by Crippen LogP contribution is 2.39. The number of halogens is 2. The first-order valence-electron chi connectivity index (χ1n) is 9.78. The molecule has 1 amide bonds. The molecule has 0 N–H and O–H groups in total. The minimum atomic E-state index is -3.35. The number of rotatable bonds is 7. The molecule has 29 heavy (non-hydrogen) atoms. The average Bonchev–Trinajstić information content (AvgIpc) is 2.86. The lowest BCUT2D eigenvalue weighted by Crippen LogP contribution is -2.45. The van der Waals surface area contributed by atoms with E-state index in [0.29, 0.717) is 12.0 Å². The molecule has 162 valence electrons. The van der Waals surface area contributed by atoms with E-state index in [1.165, 1.54) is 12.0 Å². The molecule has 5 nitrogen and oxygen atoms in total. The van der Waals surface area contributed by atoms with Crippen molar-refractivity contribution in [2.24, 2.45) is 0 Å². The van der Waals surface area contributed by atoms with Crippen molar-refractivity contribution in [2.75, 3.05) is 20.3 Å². The van der Waals surface area contributed by atoms with Crippen LogP contribution in [0.4, 0.5) is 8.78 Å². The highest BCUT2D eigenvalue weighted by molar-refractivity contribution is 6.74. The number of alkyl halides is 2. The monoisotopic (exact) mass is 427 g/mol. The largest absolute Gasteiger partial charge is 0.465 e. The van der Waals surface area contributed by atoms with Crippen LogP contribution in [-0.4, -0.2) is 57.3 Å². The summed E-state index contributed by atoms with van der Waals surface area (Å²) in [5.41, 5.74) is 1.27. The zero-order chi connectivity index (χ0) is 22.0. The maximum atomic E-state index is 14.1. The fourth-order valence-electron chi connectivity index (χ4n) is 3.00. The summed E-state index contributed by atoms with van der Waals surface area (Å²) < 4.78 is 39.0. The summed E-state index contributed by atoms with van der Waals surface area (Å²) >= 11 is 0. The Labute approximate surface area is 172 Å².